The molecule has 1 N–H and O–H groups in total. The van der Waals surface area contributed by atoms with E-state index in [4.69, 9.17) is 11.6 Å². The van der Waals surface area contributed by atoms with E-state index in [2.05, 4.69) is 5.32 Å². The third kappa shape index (κ3) is 7.33. The molecule has 0 heterocycles. The van der Waals surface area contributed by atoms with Crippen LogP contribution in [-0.4, -0.2) is 34.6 Å². The molecular weight excluding hydrogens is 423 g/mol. The molecule has 7 heteroatoms. The van der Waals surface area contributed by atoms with Crippen LogP contribution in [0.25, 0.3) is 0 Å². The van der Waals surface area contributed by atoms with E-state index < -0.39 is 11.9 Å². The number of amides is 2. The number of hydrogen-bond donors (Lipinski definition) is 1. The van der Waals surface area contributed by atoms with E-state index in [0.29, 0.717) is 16.3 Å². The highest BCUT2D eigenvalue weighted by molar-refractivity contribution is 7.99. The molecule has 2 rings (SSSR count). The maximum atomic E-state index is 14.2. The lowest BCUT2D eigenvalue weighted by Gasteiger charge is -2.29. The van der Waals surface area contributed by atoms with Gasteiger partial charge >= 0.3 is 0 Å². The first-order valence-electron chi connectivity index (χ1n) is 9.97. The third-order valence-corrected chi connectivity index (χ3v) is 6.07. The number of hydrogen-bond acceptors (Lipinski definition) is 3. The van der Waals surface area contributed by atoms with E-state index in [1.165, 1.54) is 22.7 Å². The van der Waals surface area contributed by atoms with Gasteiger partial charge in [-0.05, 0) is 44.0 Å². The Morgan fingerprint density at radius 1 is 1.17 bits per heavy atom. The number of nitrogens with one attached hydrogen (secondary N) is 1. The van der Waals surface area contributed by atoms with Gasteiger partial charge in [-0.25, -0.2) is 4.39 Å². The average molecular weight is 451 g/mol. The van der Waals surface area contributed by atoms with Crippen molar-refractivity contribution in [3.8, 4) is 0 Å². The smallest absolute Gasteiger partial charge is 0.242 e. The highest BCUT2D eigenvalue weighted by Gasteiger charge is 2.27. The van der Waals surface area contributed by atoms with Crippen LogP contribution in [0.1, 0.15) is 38.3 Å². The first-order chi connectivity index (χ1) is 14.3. The van der Waals surface area contributed by atoms with E-state index in [1.807, 2.05) is 32.0 Å². The lowest BCUT2D eigenvalue weighted by atomic mass is 10.1. The number of thioether (sulfide) groups is 1. The van der Waals surface area contributed by atoms with Crippen LogP contribution in [0.5, 0.6) is 0 Å². The summed E-state index contributed by atoms with van der Waals surface area (Å²) in [5.41, 5.74) is 1.40. The van der Waals surface area contributed by atoms with Gasteiger partial charge in [-0.3, -0.25) is 9.59 Å². The molecule has 0 aliphatic carbocycles. The molecule has 2 aromatic carbocycles. The minimum absolute atomic E-state index is 0.00238. The minimum Gasteiger partial charge on any atom is -0.352 e. The van der Waals surface area contributed by atoms with Crippen LogP contribution < -0.4 is 5.32 Å². The van der Waals surface area contributed by atoms with Gasteiger partial charge in [0.2, 0.25) is 11.8 Å². The number of rotatable bonds is 10. The zero-order valence-corrected chi connectivity index (χ0v) is 19.1. The molecular formula is C23H28ClFN2O2S. The molecule has 2 aromatic rings. The topological polar surface area (TPSA) is 49.4 Å². The summed E-state index contributed by atoms with van der Waals surface area (Å²) >= 11 is 7.45. The Labute approximate surface area is 187 Å². The van der Waals surface area contributed by atoms with Crippen molar-refractivity contribution in [2.24, 2.45) is 0 Å². The summed E-state index contributed by atoms with van der Waals surface area (Å²) in [6.45, 7) is 5.61. The van der Waals surface area contributed by atoms with Crippen molar-refractivity contribution in [1.82, 2.24) is 10.2 Å². The first kappa shape index (κ1) is 24.2. The summed E-state index contributed by atoms with van der Waals surface area (Å²) in [4.78, 5) is 27.1. The van der Waals surface area contributed by atoms with Crippen molar-refractivity contribution in [2.75, 3.05) is 5.75 Å². The number of carbonyl (C=O) groups excluding carboxylic acids is 2. The summed E-state index contributed by atoms with van der Waals surface area (Å²) in [6.07, 6.45) is 0.787. The first-order valence-corrected chi connectivity index (χ1v) is 11.5. The minimum atomic E-state index is -0.710. The van der Waals surface area contributed by atoms with Crippen LogP contribution in [0, 0.1) is 5.82 Å². The predicted octanol–water partition coefficient (Wildman–Crippen LogP) is 5.04. The quantitative estimate of drug-likeness (QED) is 0.551. The fourth-order valence-electron chi connectivity index (χ4n) is 2.82. The zero-order valence-electron chi connectivity index (χ0n) is 17.5. The van der Waals surface area contributed by atoms with Crippen LogP contribution in [0.2, 0.25) is 5.02 Å². The van der Waals surface area contributed by atoms with E-state index in [-0.39, 0.29) is 30.2 Å². The maximum absolute atomic E-state index is 14.2. The molecule has 0 aliphatic heterocycles. The largest absolute Gasteiger partial charge is 0.352 e. The van der Waals surface area contributed by atoms with Crippen LogP contribution in [0.3, 0.4) is 0 Å². The predicted molar refractivity (Wildman–Crippen MR) is 122 cm³/mol. The van der Waals surface area contributed by atoms with Crippen molar-refractivity contribution < 1.29 is 14.0 Å². The number of nitrogens with zero attached hydrogens (tertiary/aromatic N) is 1. The lowest BCUT2D eigenvalue weighted by Crippen LogP contribution is -2.50. The molecule has 2 atom stereocenters. The SMILES string of the molecule is CC[C@H](C)NC(=O)[C@H](C)N(Cc1ccccc1F)C(=O)CSCc1cccc(Cl)c1. The Kier molecular flexibility index (Phi) is 9.66. The third-order valence-electron chi connectivity index (χ3n) is 4.85. The van der Waals surface area contributed by atoms with E-state index in [1.54, 1.807) is 31.2 Å². The number of halogens is 2. The van der Waals surface area contributed by atoms with Gasteiger partial charge in [-0.15, -0.1) is 11.8 Å². The molecule has 162 valence electrons. The summed E-state index contributed by atoms with van der Waals surface area (Å²) in [7, 11) is 0. The van der Waals surface area contributed by atoms with Crippen molar-refractivity contribution >= 4 is 35.2 Å². The summed E-state index contributed by atoms with van der Waals surface area (Å²) in [5.74, 6) is -0.0442. The van der Waals surface area contributed by atoms with Gasteiger partial charge in [0.15, 0.2) is 0 Å². The van der Waals surface area contributed by atoms with E-state index >= 15 is 0 Å². The molecule has 0 saturated carbocycles. The van der Waals surface area contributed by atoms with Crippen LogP contribution in [-0.2, 0) is 21.9 Å². The van der Waals surface area contributed by atoms with E-state index in [0.717, 1.165) is 12.0 Å². The molecule has 0 spiro atoms. The van der Waals surface area contributed by atoms with Crippen LogP contribution >= 0.6 is 23.4 Å². The van der Waals surface area contributed by atoms with Crippen LogP contribution in [0.15, 0.2) is 48.5 Å². The normalized spacial score (nSPS) is 12.8. The van der Waals surface area contributed by atoms with Gasteiger partial charge in [0.25, 0.3) is 0 Å². The molecule has 30 heavy (non-hydrogen) atoms. The van der Waals surface area contributed by atoms with Crippen molar-refractivity contribution in [2.45, 2.75) is 51.6 Å². The highest BCUT2D eigenvalue weighted by atomic mass is 35.5. The molecule has 0 bridgehead atoms. The summed E-state index contributed by atoms with van der Waals surface area (Å²) < 4.78 is 14.2. The van der Waals surface area contributed by atoms with Gasteiger partial charge in [0, 0.05) is 28.9 Å². The molecule has 2 amide bonds. The molecule has 4 nitrogen and oxygen atoms in total. The number of benzene rings is 2. The Morgan fingerprint density at radius 3 is 2.57 bits per heavy atom. The Morgan fingerprint density at radius 2 is 1.90 bits per heavy atom. The van der Waals surface area contributed by atoms with Crippen LogP contribution in [0.4, 0.5) is 4.39 Å². The van der Waals surface area contributed by atoms with Crippen molar-refractivity contribution in [1.29, 1.82) is 0 Å². The monoisotopic (exact) mass is 450 g/mol. The fourth-order valence-corrected chi connectivity index (χ4v) is 3.89. The second kappa shape index (κ2) is 12.0. The summed E-state index contributed by atoms with van der Waals surface area (Å²) in [5, 5.41) is 3.55. The van der Waals surface area contributed by atoms with Gasteiger partial charge in [-0.2, -0.15) is 0 Å². The maximum Gasteiger partial charge on any atom is 0.242 e. The Hall–Kier alpha value is -2.05. The summed E-state index contributed by atoms with van der Waals surface area (Å²) in [6, 6.07) is 13.1. The molecule has 0 saturated heterocycles. The Balaban J connectivity index is 2.09. The van der Waals surface area contributed by atoms with Gasteiger partial charge in [0.05, 0.1) is 5.75 Å². The van der Waals surface area contributed by atoms with Gasteiger partial charge in [-0.1, -0.05) is 48.9 Å². The molecule has 0 aromatic heterocycles. The molecule has 0 radical (unpaired) electrons. The molecule has 0 fully saturated rings. The molecule has 0 unspecified atom stereocenters. The van der Waals surface area contributed by atoms with Gasteiger partial charge < -0.3 is 10.2 Å². The number of carbonyl (C=O) groups is 2. The molecule has 0 aliphatic rings. The second-order valence-corrected chi connectivity index (χ2v) is 8.65. The standard InChI is InChI=1S/C23H28ClFN2O2S/c1-4-16(2)26-23(29)17(3)27(13-19-9-5-6-11-21(19)25)22(28)15-30-14-18-8-7-10-20(24)12-18/h5-12,16-17H,4,13-15H2,1-3H3,(H,26,29)/t16-,17-/m0/s1. The zero-order chi connectivity index (χ0) is 22.1. The van der Waals surface area contributed by atoms with Crippen molar-refractivity contribution in [3.63, 3.8) is 0 Å². The second-order valence-electron chi connectivity index (χ2n) is 7.23. The lowest BCUT2D eigenvalue weighted by molar-refractivity contribution is -0.139. The average Bonchev–Trinajstić information content (AvgIpc) is 2.72. The highest BCUT2D eigenvalue weighted by Crippen LogP contribution is 2.19. The van der Waals surface area contributed by atoms with E-state index in [9.17, 15) is 14.0 Å². The fraction of sp³-hybridized carbons (Fsp3) is 0.391. The Bertz CT molecular complexity index is 865. The van der Waals surface area contributed by atoms with Crippen molar-refractivity contribution in [3.05, 3.63) is 70.5 Å². The van der Waals surface area contributed by atoms with Gasteiger partial charge in [0.1, 0.15) is 11.9 Å².